The monoisotopic (exact) mass is 469 g/mol. The number of methoxy groups -OCH3 is 1. The fraction of sp³-hybridized carbons (Fsp3) is 0.179. The summed E-state index contributed by atoms with van der Waals surface area (Å²) in [4.78, 5) is 34.8. The Kier molecular flexibility index (Phi) is 7.57. The lowest BCUT2D eigenvalue weighted by molar-refractivity contribution is -0.127. The molecule has 0 radical (unpaired) electrons. The van der Waals surface area contributed by atoms with E-state index in [0.717, 1.165) is 11.1 Å². The highest BCUT2D eigenvalue weighted by Gasteiger charge is 2.15. The number of benzene rings is 3. The van der Waals surface area contributed by atoms with E-state index in [9.17, 15) is 9.59 Å². The zero-order chi connectivity index (χ0) is 24.6. The first-order valence-corrected chi connectivity index (χ1v) is 11.4. The van der Waals surface area contributed by atoms with Crippen molar-refractivity contribution in [2.45, 2.75) is 20.0 Å². The van der Waals surface area contributed by atoms with E-state index in [1.54, 1.807) is 42.4 Å². The summed E-state index contributed by atoms with van der Waals surface area (Å²) in [5.41, 5.74) is 2.14. The number of aromatic nitrogens is 2. The molecule has 35 heavy (non-hydrogen) atoms. The van der Waals surface area contributed by atoms with Gasteiger partial charge in [0.25, 0.3) is 5.56 Å². The van der Waals surface area contributed by atoms with Crippen molar-refractivity contribution >= 4 is 22.9 Å². The lowest BCUT2D eigenvalue weighted by Crippen LogP contribution is -2.30. The van der Waals surface area contributed by atoms with Crippen LogP contribution in [0.15, 0.2) is 83.7 Å². The summed E-state index contributed by atoms with van der Waals surface area (Å²) in [5.74, 6) is 1.46. The number of carbonyl (C=O) groups excluding carboxylic acids is 1. The van der Waals surface area contributed by atoms with Gasteiger partial charge < -0.3 is 19.4 Å². The third kappa shape index (κ3) is 5.95. The van der Waals surface area contributed by atoms with Crippen LogP contribution in [0.1, 0.15) is 23.9 Å². The van der Waals surface area contributed by atoms with Gasteiger partial charge in [-0.15, -0.1) is 0 Å². The zero-order valence-corrected chi connectivity index (χ0v) is 19.7. The second-order valence-corrected chi connectivity index (χ2v) is 7.89. The number of fused-ring (bicyclic) bond motifs is 1. The Morgan fingerprint density at radius 3 is 2.54 bits per heavy atom. The Morgan fingerprint density at radius 2 is 1.77 bits per heavy atom. The fourth-order valence-electron chi connectivity index (χ4n) is 3.74. The molecule has 0 bridgehead atoms. The normalized spacial score (nSPS) is 11.0. The van der Waals surface area contributed by atoms with Gasteiger partial charge in [0.15, 0.2) is 11.5 Å². The fourth-order valence-corrected chi connectivity index (χ4v) is 3.74. The number of H-pyrrole nitrogens is 1. The van der Waals surface area contributed by atoms with Crippen molar-refractivity contribution in [3.63, 3.8) is 0 Å². The number of ether oxygens (including phenoxy) is 2. The number of para-hydroxylation sites is 1. The maximum absolute atomic E-state index is 13.3. The summed E-state index contributed by atoms with van der Waals surface area (Å²) in [7, 11) is 1.59. The minimum Gasteiger partial charge on any atom is -0.493 e. The van der Waals surface area contributed by atoms with Crippen LogP contribution in [0.25, 0.3) is 17.0 Å². The highest BCUT2D eigenvalue weighted by atomic mass is 16.5. The van der Waals surface area contributed by atoms with E-state index in [2.05, 4.69) is 9.97 Å². The van der Waals surface area contributed by atoms with Gasteiger partial charge in [-0.25, -0.2) is 4.98 Å². The molecule has 0 saturated heterocycles. The molecule has 1 amide bonds. The Hall–Kier alpha value is -4.39. The van der Waals surface area contributed by atoms with E-state index >= 15 is 0 Å². The van der Waals surface area contributed by atoms with Crippen molar-refractivity contribution in [2.75, 3.05) is 13.7 Å². The molecule has 0 aliphatic carbocycles. The van der Waals surface area contributed by atoms with Gasteiger partial charge in [-0.05, 0) is 48.4 Å². The quantitative estimate of drug-likeness (QED) is 0.363. The van der Waals surface area contributed by atoms with Crippen molar-refractivity contribution in [1.29, 1.82) is 0 Å². The highest BCUT2D eigenvalue weighted by Crippen LogP contribution is 2.28. The number of nitrogens with zero attached hydrogens (tertiary/aromatic N) is 2. The third-order valence-electron chi connectivity index (χ3n) is 5.44. The summed E-state index contributed by atoms with van der Waals surface area (Å²) < 4.78 is 11.0. The summed E-state index contributed by atoms with van der Waals surface area (Å²) in [5, 5.41) is 0.515. The maximum atomic E-state index is 13.3. The van der Waals surface area contributed by atoms with Gasteiger partial charge in [-0.2, -0.15) is 0 Å². The molecule has 7 heteroatoms. The van der Waals surface area contributed by atoms with Crippen LogP contribution in [0, 0.1) is 0 Å². The first-order valence-electron chi connectivity index (χ1n) is 11.4. The van der Waals surface area contributed by atoms with Crippen LogP contribution in [0.2, 0.25) is 0 Å². The van der Waals surface area contributed by atoms with Crippen LogP contribution >= 0.6 is 0 Å². The number of amides is 1. The summed E-state index contributed by atoms with van der Waals surface area (Å²) >= 11 is 0. The van der Waals surface area contributed by atoms with Crippen LogP contribution in [0.5, 0.6) is 11.5 Å². The molecule has 1 aromatic heterocycles. The van der Waals surface area contributed by atoms with Gasteiger partial charge in [0.1, 0.15) is 5.82 Å². The molecule has 178 valence electrons. The third-order valence-corrected chi connectivity index (χ3v) is 5.44. The van der Waals surface area contributed by atoms with Crippen molar-refractivity contribution < 1.29 is 14.3 Å². The molecule has 4 aromatic rings. The molecule has 3 aromatic carbocycles. The topological polar surface area (TPSA) is 84.5 Å². The summed E-state index contributed by atoms with van der Waals surface area (Å²) in [6.45, 7) is 2.93. The zero-order valence-electron chi connectivity index (χ0n) is 19.7. The first-order chi connectivity index (χ1) is 17.1. The molecule has 7 nitrogen and oxygen atoms in total. The Labute approximate surface area is 203 Å². The molecule has 0 unspecified atom stereocenters. The highest BCUT2D eigenvalue weighted by molar-refractivity contribution is 5.91. The molecule has 0 aliphatic heterocycles. The predicted octanol–water partition coefficient (Wildman–Crippen LogP) is 4.57. The number of hydrogen-bond donors (Lipinski definition) is 1. The molecule has 0 atom stereocenters. The average molecular weight is 470 g/mol. The van der Waals surface area contributed by atoms with E-state index in [1.807, 2.05) is 55.5 Å². The number of hydrogen-bond acceptors (Lipinski definition) is 5. The lowest BCUT2D eigenvalue weighted by Gasteiger charge is -2.21. The minimum atomic E-state index is -0.227. The maximum Gasteiger partial charge on any atom is 0.258 e. The first kappa shape index (κ1) is 23.8. The molecule has 1 heterocycles. The molecule has 0 aliphatic rings. The van der Waals surface area contributed by atoms with Crippen molar-refractivity contribution in [1.82, 2.24) is 14.9 Å². The Balaban J connectivity index is 1.61. The number of nitrogens with one attached hydrogen (secondary N) is 1. The lowest BCUT2D eigenvalue weighted by atomic mass is 10.1. The second kappa shape index (κ2) is 11.2. The standard InChI is InChI=1S/C28H27N3O4/c1-3-35-25-17-20(13-15-24(25)34-2)14-16-27(32)31(18-21-9-5-4-6-10-21)19-26-29-23-12-8-7-11-22(23)28(33)30-26/h4-17H,3,18-19H2,1-2H3,(H,29,30,33). The van der Waals surface area contributed by atoms with E-state index in [1.165, 1.54) is 6.08 Å². The summed E-state index contributed by atoms with van der Waals surface area (Å²) in [6, 6.07) is 22.3. The van der Waals surface area contributed by atoms with Crippen LogP contribution in [0.3, 0.4) is 0 Å². The summed E-state index contributed by atoms with van der Waals surface area (Å²) in [6.07, 6.45) is 3.25. The number of rotatable bonds is 9. The van der Waals surface area contributed by atoms with E-state index in [-0.39, 0.29) is 18.0 Å². The SMILES string of the molecule is CCOc1cc(C=CC(=O)N(Cc2ccccc2)Cc2nc3ccccc3c(=O)[nH]2)ccc1OC. The van der Waals surface area contributed by atoms with E-state index < -0.39 is 0 Å². The van der Waals surface area contributed by atoms with Crippen LogP contribution < -0.4 is 15.0 Å². The van der Waals surface area contributed by atoms with Gasteiger partial charge in [0.2, 0.25) is 5.91 Å². The van der Waals surface area contributed by atoms with Gasteiger partial charge in [0, 0.05) is 12.6 Å². The van der Waals surface area contributed by atoms with Crippen molar-refractivity contribution in [3.05, 3.63) is 106 Å². The molecule has 0 spiro atoms. The Bertz CT molecular complexity index is 1400. The van der Waals surface area contributed by atoms with E-state index in [0.29, 0.717) is 41.4 Å². The number of carbonyl (C=O) groups is 1. The van der Waals surface area contributed by atoms with Gasteiger partial charge in [0.05, 0.1) is 31.2 Å². The van der Waals surface area contributed by atoms with Crippen molar-refractivity contribution in [3.8, 4) is 11.5 Å². The van der Waals surface area contributed by atoms with Gasteiger partial charge in [-0.1, -0.05) is 48.5 Å². The Morgan fingerprint density at radius 1 is 1.00 bits per heavy atom. The van der Waals surface area contributed by atoms with Crippen LogP contribution in [-0.4, -0.2) is 34.5 Å². The molecular weight excluding hydrogens is 442 g/mol. The van der Waals surface area contributed by atoms with Gasteiger partial charge in [-0.3, -0.25) is 9.59 Å². The van der Waals surface area contributed by atoms with Gasteiger partial charge >= 0.3 is 0 Å². The van der Waals surface area contributed by atoms with Crippen LogP contribution in [0.4, 0.5) is 0 Å². The smallest absolute Gasteiger partial charge is 0.258 e. The molecule has 1 N–H and O–H groups in total. The molecule has 4 rings (SSSR count). The molecule has 0 saturated carbocycles. The molecule has 0 fully saturated rings. The minimum absolute atomic E-state index is 0.158. The average Bonchev–Trinajstić information content (AvgIpc) is 2.88. The largest absolute Gasteiger partial charge is 0.493 e. The predicted molar refractivity (Wildman–Crippen MR) is 136 cm³/mol. The van der Waals surface area contributed by atoms with E-state index in [4.69, 9.17) is 9.47 Å². The van der Waals surface area contributed by atoms with Crippen LogP contribution in [-0.2, 0) is 17.9 Å². The molecular formula is C28H27N3O4. The number of aromatic amines is 1. The van der Waals surface area contributed by atoms with Crippen molar-refractivity contribution in [2.24, 2.45) is 0 Å². The second-order valence-electron chi connectivity index (χ2n) is 7.89.